The first kappa shape index (κ1) is 18.8. The van der Waals surface area contributed by atoms with Gasteiger partial charge in [0.05, 0.1) is 7.11 Å². The Balaban J connectivity index is 0. The summed E-state index contributed by atoms with van der Waals surface area (Å²) >= 11 is 0. The summed E-state index contributed by atoms with van der Waals surface area (Å²) < 4.78 is 10.4. The smallest absolute Gasteiger partial charge is 1.00 e. The van der Waals surface area contributed by atoms with E-state index < -0.39 is 5.97 Å². The third kappa shape index (κ3) is 5.85. The minimum atomic E-state index is -1.10. The van der Waals surface area contributed by atoms with Gasteiger partial charge in [-0.1, -0.05) is 42.5 Å². The van der Waals surface area contributed by atoms with Gasteiger partial charge in [-0.05, 0) is 29.3 Å². The molecule has 22 heavy (non-hydrogen) atoms. The van der Waals surface area contributed by atoms with Gasteiger partial charge in [0, 0.05) is 0 Å². The number of carboxylic acids is 1. The molecule has 0 amide bonds. The van der Waals surface area contributed by atoms with Crippen LogP contribution < -0.4 is 4.74 Å². The van der Waals surface area contributed by atoms with Crippen LogP contribution in [0.25, 0.3) is 6.08 Å². The molecule has 0 aliphatic heterocycles. The number of aliphatic carboxylic acids is 1. The van der Waals surface area contributed by atoms with Crippen molar-refractivity contribution in [2.75, 3.05) is 7.11 Å². The van der Waals surface area contributed by atoms with Gasteiger partial charge in [-0.2, -0.15) is 0 Å². The molecule has 0 saturated carbocycles. The van der Waals surface area contributed by atoms with E-state index in [4.69, 9.17) is 14.6 Å². The van der Waals surface area contributed by atoms with E-state index in [-0.39, 0.29) is 54.1 Å². The molecule has 0 bridgehead atoms. The van der Waals surface area contributed by atoms with Crippen LogP contribution >= 0.6 is 0 Å². The molecular formula is C17H18O4Sr. The zero-order valence-electron chi connectivity index (χ0n) is 14.4. The van der Waals surface area contributed by atoms with E-state index in [1.807, 2.05) is 30.3 Å². The Kier molecular flexibility index (Phi) is 8.27. The summed E-state index contributed by atoms with van der Waals surface area (Å²) in [4.78, 5) is 10.8. The van der Waals surface area contributed by atoms with Gasteiger partial charge in [0.2, 0.25) is 5.76 Å². The molecule has 0 aromatic heterocycles. The van der Waals surface area contributed by atoms with Gasteiger partial charge in [-0.25, -0.2) is 4.79 Å². The Morgan fingerprint density at radius 2 is 1.77 bits per heavy atom. The largest absolute Gasteiger partial charge is 2.00 e. The van der Waals surface area contributed by atoms with Crippen molar-refractivity contribution in [3.8, 4) is 5.75 Å². The first-order valence-corrected chi connectivity index (χ1v) is 6.45. The van der Waals surface area contributed by atoms with Gasteiger partial charge >= 0.3 is 51.5 Å². The van der Waals surface area contributed by atoms with Gasteiger partial charge < -0.3 is 17.4 Å². The van der Waals surface area contributed by atoms with E-state index in [9.17, 15) is 4.79 Å². The predicted molar refractivity (Wildman–Crippen MR) is 87.8 cm³/mol. The second kappa shape index (κ2) is 9.69. The quantitative estimate of drug-likeness (QED) is 0.480. The number of methoxy groups -OCH3 is 1. The molecule has 2 aromatic carbocycles. The number of hydrogen-bond donors (Lipinski definition) is 1. The minimum Gasteiger partial charge on any atom is -1.00 e. The molecule has 0 heterocycles. The molecular weight excluding hydrogens is 356 g/mol. The zero-order chi connectivity index (χ0) is 15.1. The number of benzene rings is 2. The van der Waals surface area contributed by atoms with Crippen molar-refractivity contribution in [1.29, 1.82) is 0 Å². The number of rotatable bonds is 6. The van der Waals surface area contributed by atoms with Crippen LogP contribution in [0.15, 0.2) is 60.4 Å². The van der Waals surface area contributed by atoms with E-state index in [0.717, 1.165) is 16.9 Å². The van der Waals surface area contributed by atoms with Crippen molar-refractivity contribution >= 4 is 57.5 Å². The third-order valence-corrected chi connectivity index (χ3v) is 2.86. The second-order valence-corrected chi connectivity index (χ2v) is 4.36. The van der Waals surface area contributed by atoms with Crippen molar-refractivity contribution in [1.82, 2.24) is 0 Å². The summed E-state index contributed by atoms with van der Waals surface area (Å²) in [6.45, 7) is 0.495. The SMILES string of the molecule is COC(=Cc1ccc(OCc2ccccc2)cc1)C(=O)O.[H-].[H-].[Sr+2]. The van der Waals surface area contributed by atoms with Crippen molar-refractivity contribution in [2.24, 2.45) is 0 Å². The fourth-order valence-electron chi connectivity index (χ4n) is 1.76. The molecule has 0 saturated heterocycles. The number of hydrogen-bond acceptors (Lipinski definition) is 3. The first-order chi connectivity index (χ1) is 10.2. The minimum absolute atomic E-state index is 0. The maximum absolute atomic E-state index is 10.8. The zero-order valence-corrected chi connectivity index (χ0v) is 15.8. The number of carbonyl (C=O) groups is 1. The van der Waals surface area contributed by atoms with Gasteiger partial charge in [0.15, 0.2) is 0 Å². The standard InChI is InChI=1S/C17H16O4.Sr.2H/c1-20-16(17(18)19)11-13-7-9-15(10-8-13)21-12-14-5-3-2-4-6-14;;;/h2-11H,12H2,1H3,(H,18,19);;;/q;+2;2*-1. The molecule has 2 rings (SSSR count). The maximum atomic E-state index is 10.8. The first-order valence-electron chi connectivity index (χ1n) is 6.45. The molecule has 112 valence electrons. The second-order valence-electron chi connectivity index (χ2n) is 4.36. The van der Waals surface area contributed by atoms with E-state index in [2.05, 4.69) is 0 Å². The third-order valence-electron chi connectivity index (χ3n) is 2.86. The fraction of sp³-hybridized carbons (Fsp3) is 0.118. The van der Waals surface area contributed by atoms with Crippen LogP contribution in [0.3, 0.4) is 0 Å². The topological polar surface area (TPSA) is 55.8 Å². The molecule has 0 spiro atoms. The predicted octanol–water partition coefficient (Wildman–Crippen LogP) is 3.18. The van der Waals surface area contributed by atoms with Crippen molar-refractivity contribution < 1.29 is 22.2 Å². The maximum Gasteiger partial charge on any atom is 2.00 e. The molecule has 0 radical (unpaired) electrons. The van der Waals surface area contributed by atoms with Gasteiger partial charge in [0.25, 0.3) is 0 Å². The molecule has 4 nitrogen and oxygen atoms in total. The Morgan fingerprint density at radius 1 is 1.14 bits per heavy atom. The van der Waals surface area contributed by atoms with Crippen LogP contribution in [0, 0.1) is 0 Å². The van der Waals surface area contributed by atoms with E-state index in [1.54, 1.807) is 24.3 Å². The van der Waals surface area contributed by atoms with Gasteiger partial charge in [0.1, 0.15) is 12.4 Å². The average molecular weight is 374 g/mol. The van der Waals surface area contributed by atoms with Crippen molar-refractivity contribution in [3.05, 3.63) is 71.5 Å². The molecule has 2 aromatic rings. The Hall–Kier alpha value is -1.27. The van der Waals surface area contributed by atoms with Gasteiger partial charge in [-0.15, -0.1) is 0 Å². The van der Waals surface area contributed by atoms with Gasteiger partial charge in [-0.3, -0.25) is 0 Å². The summed E-state index contributed by atoms with van der Waals surface area (Å²) in [6, 6.07) is 17.0. The monoisotopic (exact) mass is 374 g/mol. The fourth-order valence-corrected chi connectivity index (χ4v) is 1.76. The van der Waals surface area contributed by atoms with E-state index in [0.29, 0.717) is 6.61 Å². The van der Waals surface area contributed by atoms with E-state index >= 15 is 0 Å². The number of carboxylic acid groups (broad SMARTS) is 1. The van der Waals surface area contributed by atoms with Crippen LogP contribution in [-0.4, -0.2) is 63.7 Å². The van der Waals surface area contributed by atoms with E-state index in [1.165, 1.54) is 13.2 Å². The van der Waals surface area contributed by atoms with Crippen LogP contribution in [0.5, 0.6) is 5.75 Å². The van der Waals surface area contributed by atoms with Crippen molar-refractivity contribution in [2.45, 2.75) is 6.61 Å². The Morgan fingerprint density at radius 3 is 2.32 bits per heavy atom. The van der Waals surface area contributed by atoms with Crippen LogP contribution in [0.4, 0.5) is 0 Å². The molecule has 1 N–H and O–H groups in total. The summed E-state index contributed by atoms with van der Waals surface area (Å²) in [5.41, 5.74) is 1.83. The molecule has 0 aliphatic carbocycles. The molecule has 0 atom stereocenters. The normalized spacial score (nSPS) is 10.5. The van der Waals surface area contributed by atoms with Crippen LogP contribution in [-0.2, 0) is 16.1 Å². The molecule has 0 fully saturated rings. The average Bonchev–Trinajstić information content (AvgIpc) is 2.52. The van der Waals surface area contributed by atoms with Crippen molar-refractivity contribution in [3.63, 3.8) is 0 Å². The molecule has 0 aliphatic rings. The molecule has 0 unspecified atom stereocenters. The molecule has 5 heteroatoms. The summed E-state index contributed by atoms with van der Waals surface area (Å²) in [5.74, 6) is -0.472. The van der Waals surface area contributed by atoms with Crippen LogP contribution in [0.1, 0.15) is 14.0 Å². The summed E-state index contributed by atoms with van der Waals surface area (Å²) in [6.07, 6.45) is 1.46. The Bertz CT molecular complexity index is 631. The summed E-state index contributed by atoms with van der Waals surface area (Å²) in [7, 11) is 1.33. The number of ether oxygens (including phenoxy) is 2. The summed E-state index contributed by atoms with van der Waals surface area (Å²) in [5, 5.41) is 8.88. The van der Waals surface area contributed by atoms with Crippen LogP contribution in [0.2, 0.25) is 0 Å². The Labute approximate surface area is 169 Å².